The first-order chi connectivity index (χ1) is 11.1. The number of fused-ring (bicyclic) bond motifs is 3. The number of nitrogens with one attached hydrogen (secondary N) is 1. The predicted molar refractivity (Wildman–Crippen MR) is 95.6 cm³/mol. The van der Waals surface area contributed by atoms with Crippen molar-refractivity contribution in [3.05, 3.63) is 59.7 Å². The van der Waals surface area contributed by atoms with Gasteiger partial charge in [0.05, 0.1) is 0 Å². The molecule has 0 bridgehead atoms. The summed E-state index contributed by atoms with van der Waals surface area (Å²) in [6.45, 7) is 5.99. The Balaban J connectivity index is 0.00000156. The fourth-order valence-corrected chi connectivity index (χ4v) is 13.8. The van der Waals surface area contributed by atoms with Gasteiger partial charge in [0, 0.05) is 0 Å². The van der Waals surface area contributed by atoms with E-state index in [1.165, 1.54) is 22.3 Å². The van der Waals surface area contributed by atoms with Crippen LogP contribution in [0.1, 0.15) is 35.1 Å². The van der Waals surface area contributed by atoms with Gasteiger partial charge in [0.15, 0.2) is 0 Å². The van der Waals surface area contributed by atoms with Gasteiger partial charge in [0.1, 0.15) is 0 Å². The van der Waals surface area contributed by atoms with Crippen LogP contribution in [0, 0.1) is 0 Å². The number of benzene rings is 2. The Morgan fingerprint density at radius 2 is 1.48 bits per heavy atom. The zero-order valence-corrected chi connectivity index (χ0v) is 19.1. The third-order valence-corrected chi connectivity index (χ3v) is 16.4. The monoisotopic (exact) mass is 428 g/mol. The molecule has 0 spiro atoms. The van der Waals surface area contributed by atoms with Crippen molar-refractivity contribution in [1.29, 1.82) is 0 Å². The maximum Gasteiger partial charge on any atom is -1.00 e. The average molecular weight is 429 g/mol. The Morgan fingerprint density at radius 1 is 1.00 bits per heavy atom. The van der Waals surface area contributed by atoms with Gasteiger partial charge in [-0.1, -0.05) is 0 Å². The number of hydrogen-bond acceptors (Lipinski definition) is 1. The van der Waals surface area contributed by atoms with Crippen molar-refractivity contribution in [2.75, 3.05) is 0 Å². The van der Waals surface area contributed by atoms with Crippen LogP contribution in [0.25, 0.3) is 11.1 Å². The van der Waals surface area contributed by atoms with Crippen LogP contribution < -0.4 is 28.6 Å². The van der Waals surface area contributed by atoms with Crippen LogP contribution in [0.4, 0.5) is 0 Å². The Hall–Kier alpha value is -0.579. The first-order valence-electron chi connectivity index (χ1n) is 8.48. The van der Waals surface area contributed by atoms with Crippen LogP contribution in [0.15, 0.2) is 48.5 Å². The molecule has 0 atom stereocenters. The summed E-state index contributed by atoms with van der Waals surface area (Å²) in [6.07, 6.45) is 1.59. The van der Waals surface area contributed by atoms with Crippen molar-refractivity contribution in [2.24, 2.45) is 0 Å². The van der Waals surface area contributed by atoms with E-state index in [9.17, 15) is 4.79 Å². The van der Waals surface area contributed by atoms with E-state index in [0.717, 1.165) is 6.42 Å². The van der Waals surface area contributed by atoms with E-state index in [0.29, 0.717) is 10.6 Å². The number of hydrogen-bond donors (Lipinski definition) is 1. The topological polar surface area (TPSA) is 29.1 Å². The zero-order chi connectivity index (χ0) is 16.4. The smallest absolute Gasteiger partial charge is 1.00 e. The van der Waals surface area contributed by atoms with Gasteiger partial charge < -0.3 is 24.8 Å². The van der Waals surface area contributed by atoms with Crippen molar-refractivity contribution in [3.63, 3.8) is 0 Å². The fourth-order valence-electron chi connectivity index (χ4n) is 3.49. The minimum Gasteiger partial charge on any atom is -1.00 e. The normalized spacial score (nSPS) is 11.8. The molecule has 0 heterocycles. The second-order valence-electron chi connectivity index (χ2n) is 6.52. The fraction of sp³-hybridized carbons (Fsp3) is 0.316. The van der Waals surface area contributed by atoms with Gasteiger partial charge in [-0.05, 0) is 0 Å². The number of carbonyl (C=O) groups is 1. The molecule has 2 aromatic carbocycles. The molecule has 1 N–H and O–H groups in total. The SMILES string of the molecule is CCCC(=O)[NH][Ti+2]([CH]1c2ccccc2-c2ccccc21)[SiH](C)C.[Cl-].[Cl-]. The molecular weight excluding hydrogens is 405 g/mol. The van der Waals surface area contributed by atoms with Crippen LogP contribution in [-0.2, 0) is 22.2 Å². The number of amides is 1. The van der Waals surface area contributed by atoms with Crippen LogP contribution in [0.2, 0.25) is 13.1 Å². The Labute approximate surface area is 170 Å². The second-order valence-corrected chi connectivity index (χ2v) is 19.5. The standard InChI is InChI=1S/C13H9.C4H9NO.C2H7Si.2ClH.Ti/c1-3-7-12-10(5-1)9-11-6-2-4-8-13(11)12;1-2-3-4(5)6;1-3-2;;;/h1-9H;2-3H2,1H3,(H2,5,6);3H,1-2H3;2*1H;/q;;;;;+3/p-3. The number of halogens is 2. The van der Waals surface area contributed by atoms with Gasteiger partial charge in [-0.15, -0.1) is 0 Å². The number of carbonyl (C=O) groups excluding carboxylic acids is 1. The molecule has 133 valence electrons. The zero-order valence-electron chi connectivity index (χ0n) is 14.9. The summed E-state index contributed by atoms with van der Waals surface area (Å²) in [5, 5.41) is 0. The molecule has 1 aliphatic carbocycles. The Bertz CT molecular complexity index is 681. The minimum absolute atomic E-state index is 0. The molecule has 2 nitrogen and oxygen atoms in total. The van der Waals surface area contributed by atoms with Crippen LogP contribution >= 0.6 is 0 Å². The van der Waals surface area contributed by atoms with E-state index in [4.69, 9.17) is 0 Å². The quantitative estimate of drug-likeness (QED) is 0.559. The molecule has 0 saturated carbocycles. The van der Waals surface area contributed by atoms with Gasteiger partial charge in [0.25, 0.3) is 0 Å². The van der Waals surface area contributed by atoms with E-state index >= 15 is 0 Å². The predicted octanol–water partition coefficient (Wildman–Crippen LogP) is -1.80. The summed E-state index contributed by atoms with van der Waals surface area (Å²) in [6, 6.07) is 17.6. The van der Waals surface area contributed by atoms with Gasteiger partial charge >= 0.3 is 146 Å². The van der Waals surface area contributed by atoms with E-state index in [1.54, 1.807) is 0 Å². The molecule has 3 rings (SSSR count). The van der Waals surface area contributed by atoms with Gasteiger partial charge in [-0.3, -0.25) is 0 Å². The molecule has 1 amide bonds. The molecule has 0 aliphatic heterocycles. The summed E-state index contributed by atoms with van der Waals surface area (Å²) in [5.41, 5.74) is 5.64. The van der Waals surface area contributed by atoms with Crippen molar-refractivity contribution in [3.8, 4) is 11.1 Å². The molecule has 1 aliphatic rings. The van der Waals surface area contributed by atoms with Gasteiger partial charge in [0.2, 0.25) is 0 Å². The Morgan fingerprint density at radius 3 is 1.92 bits per heavy atom. The van der Waals surface area contributed by atoms with Crippen LogP contribution in [0.5, 0.6) is 0 Å². The summed E-state index contributed by atoms with van der Waals surface area (Å²) in [7, 11) is 0. The summed E-state index contributed by atoms with van der Waals surface area (Å²) < 4.78 is 4.00. The minimum atomic E-state index is -1.71. The van der Waals surface area contributed by atoms with Crippen molar-refractivity contribution < 1.29 is 47.0 Å². The van der Waals surface area contributed by atoms with E-state index in [2.05, 4.69) is 72.3 Å². The van der Waals surface area contributed by atoms with Crippen LogP contribution in [0.3, 0.4) is 0 Å². The largest absolute Gasteiger partial charge is 1.00 e. The van der Waals surface area contributed by atoms with Crippen molar-refractivity contribution in [1.82, 2.24) is 3.80 Å². The molecule has 0 fully saturated rings. The van der Waals surface area contributed by atoms with Crippen molar-refractivity contribution >= 4 is 12.6 Å². The third kappa shape index (κ3) is 4.58. The van der Waals surface area contributed by atoms with Gasteiger partial charge in [-0.2, -0.15) is 0 Å². The molecule has 25 heavy (non-hydrogen) atoms. The molecule has 0 unspecified atom stereocenters. The van der Waals surface area contributed by atoms with Crippen molar-refractivity contribution in [2.45, 2.75) is 37.1 Å². The van der Waals surface area contributed by atoms with E-state index < -0.39 is 24.0 Å². The maximum atomic E-state index is 12.3. The van der Waals surface area contributed by atoms with Gasteiger partial charge in [-0.25, -0.2) is 0 Å². The maximum absolute atomic E-state index is 12.3. The molecule has 0 saturated heterocycles. The third-order valence-electron chi connectivity index (χ3n) is 4.53. The number of rotatable bonds is 5. The molecule has 2 aromatic rings. The second kappa shape index (κ2) is 9.94. The first kappa shape index (κ1) is 22.5. The molecule has 0 radical (unpaired) electrons. The summed E-state index contributed by atoms with van der Waals surface area (Å²) in [5.74, 6) is 0.269. The summed E-state index contributed by atoms with van der Waals surface area (Å²) >= 11 is -1.71. The molecule has 6 heteroatoms. The Kier molecular flexibility index (Phi) is 8.93. The molecular formula is C19H24Cl2NOSiTi. The average Bonchev–Trinajstić information content (AvgIpc) is 2.87. The first-order valence-corrected chi connectivity index (χ1v) is 15.8. The van der Waals surface area contributed by atoms with E-state index in [-0.39, 0.29) is 30.7 Å². The van der Waals surface area contributed by atoms with Crippen LogP contribution in [-0.4, -0.2) is 12.6 Å². The summed E-state index contributed by atoms with van der Waals surface area (Å²) in [4.78, 5) is 12.3. The molecule has 0 aromatic heterocycles. The van der Waals surface area contributed by atoms with E-state index in [1.807, 2.05) is 0 Å².